The number of halogens is 1. The molecular weight excluding hydrogens is 342 g/mol. The zero-order chi connectivity index (χ0) is 17.8. The van der Waals surface area contributed by atoms with Crippen LogP contribution in [0.15, 0.2) is 97.3 Å². The average molecular weight is 360 g/mol. The van der Waals surface area contributed by atoms with Gasteiger partial charge in [0.25, 0.3) is 0 Å². The highest BCUT2D eigenvalue weighted by Crippen LogP contribution is 2.39. The molecule has 0 aliphatic heterocycles. The molecule has 1 heterocycles. The van der Waals surface area contributed by atoms with Gasteiger partial charge < -0.3 is 0 Å². The fourth-order valence-electron chi connectivity index (χ4n) is 3.46. The normalized spacial score (nSPS) is 11.4. The van der Waals surface area contributed by atoms with Crippen LogP contribution < -0.4 is 0 Å². The quantitative estimate of drug-likeness (QED) is 0.376. The molecule has 4 rings (SSSR count). The molecule has 128 valence electrons. The summed E-state index contributed by atoms with van der Waals surface area (Å²) >= 11 is 5.99. The van der Waals surface area contributed by atoms with Crippen LogP contribution in [0.25, 0.3) is 0 Å². The summed E-state index contributed by atoms with van der Waals surface area (Å²) in [4.78, 5) is 4.40. The molecule has 4 aromatic rings. The molecule has 4 heteroatoms. The van der Waals surface area contributed by atoms with Crippen LogP contribution in [0.5, 0.6) is 0 Å². The lowest BCUT2D eigenvalue weighted by atomic mass is 9.77. The molecule has 0 N–H and O–H groups in total. The molecule has 0 saturated heterocycles. The Balaban J connectivity index is 2.10. The summed E-state index contributed by atoms with van der Waals surface area (Å²) in [7, 11) is 0. The van der Waals surface area contributed by atoms with E-state index in [1.54, 1.807) is 6.33 Å². The smallest absolute Gasteiger partial charge is 0.165 e. The van der Waals surface area contributed by atoms with Crippen LogP contribution >= 0.6 is 11.6 Å². The predicted octanol–water partition coefficient (Wildman–Crippen LogP) is 4.86. The van der Waals surface area contributed by atoms with E-state index in [0.717, 1.165) is 16.7 Å². The van der Waals surface area contributed by atoms with Gasteiger partial charge in [0.05, 0.1) is 5.88 Å². The van der Waals surface area contributed by atoms with E-state index >= 15 is 0 Å². The molecular formula is C22H18ClN3. The summed E-state index contributed by atoms with van der Waals surface area (Å²) in [6.07, 6.45) is 1.77. The van der Waals surface area contributed by atoms with Crippen LogP contribution in [-0.2, 0) is 11.4 Å². The zero-order valence-electron chi connectivity index (χ0n) is 14.2. The summed E-state index contributed by atoms with van der Waals surface area (Å²) in [5, 5.41) is 4.70. The fourth-order valence-corrected chi connectivity index (χ4v) is 3.58. The van der Waals surface area contributed by atoms with E-state index in [9.17, 15) is 0 Å². The van der Waals surface area contributed by atoms with Crippen molar-refractivity contribution in [2.45, 2.75) is 11.4 Å². The van der Waals surface area contributed by atoms with Crippen molar-refractivity contribution in [2.24, 2.45) is 0 Å². The number of rotatable bonds is 5. The van der Waals surface area contributed by atoms with E-state index < -0.39 is 5.54 Å². The first kappa shape index (κ1) is 16.6. The van der Waals surface area contributed by atoms with Crippen LogP contribution in [0.3, 0.4) is 0 Å². The number of hydrogen-bond acceptors (Lipinski definition) is 2. The first-order valence-corrected chi connectivity index (χ1v) is 9.02. The number of nitrogens with zero attached hydrogens (tertiary/aromatic N) is 3. The highest BCUT2D eigenvalue weighted by molar-refractivity contribution is 6.16. The molecule has 0 unspecified atom stereocenters. The zero-order valence-corrected chi connectivity index (χ0v) is 14.9. The minimum absolute atomic E-state index is 0.279. The van der Waals surface area contributed by atoms with E-state index in [-0.39, 0.29) is 5.88 Å². The van der Waals surface area contributed by atoms with Gasteiger partial charge in [-0.15, -0.1) is 11.6 Å². The first-order valence-electron chi connectivity index (χ1n) is 8.49. The summed E-state index contributed by atoms with van der Waals surface area (Å²) in [6, 6.07) is 31.1. The lowest BCUT2D eigenvalue weighted by Gasteiger charge is -2.35. The molecule has 0 aliphatic carbocycles. The van der Waals surface area contributed by atoms with E-state index in [1.165, 1.54) is 0 Å². The second kappa shape index (κ2) is 7.14. The first-order chi connectivity index (χ1) is 12.9. The van der Waals surface area contributed by atoms with Crippen molar-refractivity contribution in [3.05, 3.63) is 120 Å². The Hall–Kier alpha value is -2.91. The Morgan fingerprint density at radius 2 is 1.12 bits per heavy atom. The molecule has 26 heavy (non-hydrogen) atoms. The third-order valence-electron chi connectivity index (χ3n) is 4.58. The lowest BCUT2D eigenvalue weighted by molar-refractivity contribution is 0.456. The molecule has 0 radical (unpaired) electrons. The maximum absolute atomic E-state index is 5.99. The van der Waals surface area contributed by atoms with Gasteiger partial charge in [-0.1, -0.05) is 91.0 Å². The van der Waals surface area contributed by atoms with Crippen LogP contribution in [0.2, 0.25) is 0 Å². The summed E-state index contributed by atoms with van der Waals surface area (Å²) in [5.41, 5.74) is 2.72. The Bertz CT molecular complexity index is 869. The van der Waals surface area contributed by atoms with E-state index in [0.29, 0.717) is 5.82 Å². The van der Waals surface area contributed by atoms with Gasteiger partial charge in [0.15, 0.2) is 5.82 Å². The summed E-state index contributed by atoms with van der Waals surface area (Å²) in [6.45, 7) is 0. The largest absolute Gasteiger partial charge is 0.233 e. The van der Waals surface area contributed by atoms with Gasteiger partial charge in [-0.3, -0.25) is 0 Å². The lowest BCUT2D eigenvalue weighted by Crippen LogP contribution is -2.38. The molecule has 0 amide bonds. The Morgan fingerprint density at radius 1 is 0.692 bits per heavy atom. The van der Waals surface area contributed by atoms with Gasteiger partial charge in [0.2, 0.25) is 0 Å². The second-order valence-electron chi connectivity index (χ2n) is 6.05. The van der Waals surface area contributed by atoms with Gasteiger partial charge in [-0.2, -0.15) is 5.10 Å². The molecule has 0 atom stereocenters. The van der Waals surface area contributed by atoms with Crippen molar-refractivity contribution >= 4 is 11.6 Å². The van der Waals surface area contributed by atoms with E-state index in [4.69, 9.17) is 16.7 Å². The van der Waals surface area contributed by atoms with Crippen LogP contribution in [-0.4, -0.2) is 14.8 Å². The van der Waals surface area contributed by atoms with Crippen LogP contribution in [0, 0.1) is 0 Å². The van der Waals surface area contributed by atoms with Crippen molar-refractivity contribution in [3.8, 4) is 0 Å². The molecule has 1 aromatic heterocycles. The highest BCUT2D eigenvalue weighted by atomic mass is 35.5. The topological polar surface area (TPSA) is 30.7 Å². The Kier molecular flexibility index (Phi) is 4.55. The molecule has 3 aromatic carbocycles. The standard InChI is InChI=1S/C22H18ClN3/c23-16-21-24-17-26(25-21)22(18-10-4-1-5-11-18,19-12-6-2-7-13-19)20-14-8-3-9-15-20/h1-15,17H,16H2. The summed E-state index contributed by atoms with van der Waals surface area (Å²) in [5.74, 6) is 0.889. The SMILES string of the molecule is ClCc1ncn(C(c2ccccc2)(c2ccccc2)c2ccccc2)n1. The molecule has 0 saturated carbocycles. The maximum Gasteiger partial charge on any atom is 0.165 e. The molecule has 0 fully saturated rings. The number of benzene rings is 3. The summed E-state index contributed by atoms with van der Waals surface area (Å²) < 4.78 is 1.92. The average Bonchev–Trinajstić information content (AvgIpc) is 3.21. The van der Waals surface area contributed by atoms with Crippen LogP contribution in [0.1, 0.15) is 22.5 Å². The van der Waals surface area contributed by atoms with Crippen molar-refractivity contribution < 1.29 is 0 Å². The minimum Gasteiger partial charge on any atom is -0.233 e. The molecule has 3 nitrogen and oxygen atoms in total. The van der Waals surface area contributed by atoms with Gasteiger partial charge >= 0.3 is 0 Å². The monoisotopic (exact) mass is 359 g/mol. The van der Waals surface area contributed by atoms with Gasteiger partial charge in [0, 0.05) is 0 Å². The van der Waals surface area contributed by atoms with Gasteiger partial charge in [-0.25, -0.2) is 9.67 Å². The molecule has 0 aliphatic rings. The van der Waals surface area contributed by atoms with E-state index in [1.807, 2.05) is 22.9 Å². The van der Waals surface area contributed by atoms with Crippen molar-refractivity contribution in [2.75, 3.05) is 0 Å². The Morgan fingerprint density at radius 3 is 1.46 bits per heavy atom. The van der Waals surface area contributed by atoms with Gasteiger partial charge in [0.1, 0.15) is 11.9 Å². The number of hydrogen-bond donors (Lipinski definition) is 0. The third-order valence-corrected chi connectivity index (χ3v) is 4.82. The Labute approximate surface area is 157 Å². The third kappa shape index (κ3) is 2.71. The maximum atomic E-state index is 5.99. The second-order valence-corrected chi connectivity index (χ2v) is 6.31. The molecule has 0 spiro atoms. The van der Waals surface area contributed by atoms with Crippen molar-refractivity contribution in [1.29, 1.82) is 0 Å². The highest BCUT2D eigenvalue weighted by Gasteiger charge is 2.39. The predicted molar refractivity (Wildman–Crippen MR) is 104 cm³/mol. The van der Waals surface area contributed by atoms with Crippen molar-refractivity contribution in [1.82, 2.24) is 14.8 Å². The van der Waals surface area contributed by atoms with Gasteiger partial charge in [-0.05, 0) is 16.7 Å². The van der Waals surface area contributed by atoms with Crippen LogP contribution in [0.4, 0.5) is 0 Å². The fraction of sp³-hybridized carbons (Fsp3) is 0.0909. The van der Waals surface area contributed by atoms with E-state index in [2.05, 4.69) is 77.8 Å². The molecule has 0 bridgehead atoms. The van der Waals surface area contributed by atoms with Crippen molar-refractivity contribution in [3.63, 3.8) is 0 Å². The number of alkyl halides is 1. The minimum atomic E-state index is -0.624. The number of aromatic nitrogens is 3.